The Bertz CT molecular complexity index is 1570. The van der Waals surface area contributed by atoms with E-state index in [2.05, 4.69) is 59.0 Å². The van der Waals surface area contributed by atoms with Gasteiger partial charge in [0.15, 0.2) is 11.0 Å². The van der Waals surface area contributed by atoms with Gasteiger partial charge in [-0.05, 0) is 38.8 Å². The number of ether oxygens (including phenoxy) is 1. The van der Waals surface area contributed by atoms with E-state index in [-0.39, 0.29) is 28.1 Å². The molecule has 0 unspecified atom stereocenters. The number of methoxy groups -OCH3 is 1. The predicted molar refractivity (Wildman–Crippen MR) is 162 cm³/mol. The molecule has 1 N–H and O–H groups in total. The van der Waals surface area contributed by atoms with Crippen LogP contribution >= 0.6 is 34.4 Å². The van der Waals surface area contributed by atoms with E-state index in [4.69, 9.17) is 4.74 Å². The van der Waals surface area contributed by atoms with Gasteiger partial charge in [-0.2, -0.15) is 0 Å². The molecule has 0 spiro atoms. The van der Waals surface area contributed by atoms with Crippen molar-refractivity contribution in [2.24, 2.45) is 0 Å². The molecule has 2 amide bonds. The topological polar surface area (TPSA) is 106 Å². The highest BCUT2D eigenvalue weighted by Gasteiger charge is 2.27. The van der Waals surface area contributed by atoms with E-state index >= 15 is 0 Å². The number of rotatable bonds is 9. The van der Waals surface area contributed by atoms with Crippen molar-refractivity contribution in [3.8, 4) is 22.5 Å². The highest BCUT2D eigenvalue weighted by molar-refractivity contribution is 7.99. The van der Waals surface area contributed by atoms with Crippen molar-refractivity contribution in [2.75, 3.05) is 32.3 Å². The van der Waals surface area contributed by atoms with Gasteiger partial charge in [-0.1, -0.05) is 41.6 Å². The summed E-state index contributed by atoms with van der Waals surface area (Å²) in [6, 6.07) is 8.43. The zero-order valence-electron chi connectivity index (χ0n) is 23.4. The number of carbonyl (C=O) groups excluding carboxylic acids is 3. The SMILES string of the molecule is CCn1c(SCC(=O)Nc2sc(C(=O)N(C)C)c(C)c2C(=O)OC)nnc1-c1csc(C)c1-c1ccc(C)cc1. The van der Waals surface area contributed by atoms with Gasteiger partial charge in [-0.3, -0.25) is 9.59 Å². The zero-order valence-corrected chi connectivity index (χ0v) is 25.9. The van der Waals surface area contributed by atoms with Crippen molar-refractivity contribution in [3.63, 3.8) is 0 Å². The Labute approximate surface area is 245 Å². The zero-order chi connectivity index (χ0) is 29.1. The first-order chi connectivity index (χ1) is 19.1. The number of thioether (sulfide) groups is 1. The first kappa shape index (κ1) is 29.5. The van der Waals surface area contributed by atoms with Crippen LogP contribution in [0.25, 0.3) is 22.5 Å². The van der Waals surface area contributed by atoms with E-state index in [9.17, 15) is 14.4 Å². The summed E-state index contributed by atoms with van der Waals surface area (Å²) in [4.78, 5) is 41.1. The maximum atomic E-state index is 13.0. The standard InChI is InChI=1S/C28H31N5O4S3/c1-8-33-24(19-13-38-17(4)22(19)18-11-9-15(2)10-12-18)30-31-28(33)39-14-20(34)29-25-21(27(36)37-7)16(3)23(40-25)26(35)32(5)6/h9-13H,8,14H2,1-7H3,(H,29,34). The normalized spacial score (nSPS) is 11.0. The van der Waals surface area contributed by atoms with E-state index in [1.807, 2.05) is 11.5 Å². The summed E-state index contributed by atoms with van der Waals surface area (Å²) < 4.78 is 6.91. The number of benzene rings is 1. The minimum absolute atomic E-state index is 0.0418. The predicted octanol–water partition coefficient (Wildman–Crippen LogP) is 5.90. The lowest BCUT2D eigenvalue weighted by atomic mass is 10.0. The molecular weight excluding hydrogens is 567 g/mol. The second-order valence-electron chi connectivity index (χ2n) is 9.29. The number of amides is 2. The van der Waals surface area contributed by atoms with Gasteiger partial charge in [-0.15, -0.1) is 32.9 Å². The number of nitrogens with zero attached hydrogens (tertiary/aromatic N) is 4. The highest BCUT2D eigenvalue weighted by atomic mass is 32.2. The summed E-state index contributed by atoms with van der Waals surface area (Å²) >= 11 is 3.99. The molecule has 0 bridgehead atoms. The Kier molecular flexibility index (Phi) is 9.12. The number of hydrogen-bond acceptors (Lipinski definition) is 9. The molecule has 0 radical (unpaired) electrons. The molecule has 0 aliphatic rings. The molecule has 210 valence electrons. The van der Waals surface area contributed by atoms with Gasteiger partial charge < -0.3 is 19.5 Å². The Morgan fingerprint density at radius 3 is 2.42 bits per heavy atom. The molecule has 3 aromatic heterocycles. The highest BCUT2D eigenvalue weighted by Crippen LogP contribution is 2.39. The minimum Gasteiger partial charge on any atom is -0.465 e. The number of aryl methyl sites for hydroxylation is 2. The van der Waals surface area contributed by atoms with Crippen LogP contribution in [-0.4, -0.2) is 64.4 Å². The summed E-state index contributed by atoms with van der Waals surface area (Å²) in [5.41, 5.74) is 5.12. The van der Waals surface area contributed by atoms with Gasteiger partial charge in [0.05, 0.1) is 23.3 Å². The Morgan fingerprint density at radius 1 is 1.10 bits per heavy atom. The first-order valence-corrected chi connectivity index (χ1v) is 15.2. The lowest BCUT2D eigenvalue weighted by Gasteiger charge is -2.10. The lowest BCUT2D eigenvalue weighted by molar-refractivity contribution is -0.113. The Morgan fingerprint density at radius 2 is 1.80 bits per heavy atom. The number of aromatic nitrogens is 3. The van der Waals surface area contributed by atoms with Gasteiger partial charge in [0, 0.05) is 42.0 Å². The molecule has 4 aromatic rings. The average molecular weight is 598 g/mol. The van der Waals surface area contributed by atoms with Gasteiger partial charge >= 0.3 is 5.97 Å². The fraction of sp³-hybridized carbons (Fsp3) is 0.321. The molecule has 1 aromatic carbocycles. The van der Waals surface area contributed by atoms with Crippen molar-refractivity contribution >= 4 is 57.2 Å². The number of nitrogens with one attached hydrogen (secondary N) is 1. The van der Waals surface area contributed by atoms with Crippen LogP contribution in [0.15, 0.2) is 34.8 Å². The molecular formula is C28H31N5O4S3. The molecule has 12 heteroatoms. The number of esters is 1. The third-order valence-electron chi connectivity index (χ3n) is 6.31. The van der Waals surface area contributed by atoms with Crippen molar-refractivity contribution < 1.29 is 19.1 Å². The van der Waals surface area contributed by atoms with Crippen molar-refractivity contribution in [1.82, 2.24) is 19.7 Å². The molecule has 4 rings (SSSR count). The van der Waals surface area contributed by atoms with Crippen molar-refractivity contribution in [1.29, 1.82) is 0 Å². The molecule has 0 saturated carbocycles. The molecule has 0 fully saturated rings. The molecule has 0 saturated heterocycles. The van der Waals surface area contributed by atoms with Gasteiger partial charge in [-0.25, -0.2) is 4.79 Å². The van der Waals surface area contributed by atoms with Crippen LogP contribution in [0, 0.1) is 20.8 Å². The largest absolute Gasteiger partial charge is 0.465 e. The first-order valence-electron chi connectivity index (χ1n) is 12.5. The lowest BCUT2D eigenvalue weighted by Crippen LogP contribution is -2.21. The quantitative estimate of drug-likeness (QED) is 0.189. The molecule has 40 heavy (non-hydrogen) atoms. The van der Waals surface area contributed by atoms with Crippen LogP contribution in [-0.2, 0) is 16.1 Å². The summed E-state index contributed by atoms with van der Waals surface area (Å²) in [5, 5.41) is 14.7. The van der Waals surface area contributed by atoms with E-state index in [1.165, 1.54) is 34.2 Å². The van der Waals surface area contributed by atoms with Gasteiger partial charge in [0.2, 0.25) is 5.91 Å². The second kappa shape index (κ2) is 12.4. The number of hydrogen-bond donors (Lipinski definition) is 1. The van der Waals surface area contributed by atoms with E-state index < -0.39 is 5.97 Å². The van der Waals surface area contributed by atoms with E-state index in [0.717, 1.165) is 33.9 Å². The number of thiophene rings is 2. The van der Waals surface area contributed by atoms with Crippen LogP contribution in [0.4, 0.5) is 5.00 Å². The Balaban J connectivity index is 1.56. The second-order valence-corrected chi connectivity index (χ2v) is 12.3. The van der Waals surface area contributed by atoms with Crippen LogP contribution in [0.3, 0.4) is 0 Å². The summed E-state index contributed by atoms with van der Waals surface area (Å²) in [7, 11) is 4.53. The fourth-order valence-electron chi connectivity index (χ4n) is 4.23. The molecule has 3 heterocycles. The van der Waals surface area contributed by atoms with Crippen LogP contribution in [0.1, 0.15) is 43.0 Å². The van der Waals surface area contributed by atoms with Crippen LogP contribution in [0.5, 0.6) is 0 Å². The summed E-state index contributed by atoms with van der Waals surface area (Å²) in [5.74, 6) is -0.404. The van der Waals surface area contributed by atoms with Gasteiger partial charge in [0.1, 0.15) is 5.00 Å². The van der Waals surface area contributed by atoms with Crippen LogP contribution < -0.4 is 5.32 Å². The average Bonchev–Trinajstić information content (AvgIpc) is 3.61. The number of carbonyl (C=O) groups is 3. The molecule has 9 nitrogen and oxygen atoms in total. The maximum Gasteiger partial charge on any atom is 0.341 e. The Hall–Kier alpha value is -3.48. The fourth-order valence-corrected chi connectivity index (χ4v) is 7.13. The third-order valence-corrected chi connectivity index (χ3v) is 9.38. The van der Waals surface area contributed by atoms with Crippen molar-refractivity contribution in [2.45, 2.75) is 39.4 Å². The minimum atomic E-state index is -0.611. The van der Waals surface area contributed by atoms with E-state index in [0.29, 0.717) is 22.1 Å². The molecule has 0 atom stereocenters. The third kappa shape index (κ3) is 5.84. The molecule has 0 aliphatic heterocycles. The molecule has 0 aliphatic carbocycles. The number of anilines is 1. The summed E-state index contributed by atoms with van der Waals surface area (Å²) in [6.07, 6.45) is 0. The van der Waals surface area contributed by atoms with E-state index in [1.54, 1.807) is 32.4 Å². The van der Waals surface area contributed by atoms with Crippen LogP contribution in [0.2, 0.25) is 0 Å². The summed E-state index contributed by atoms with van der Waals surface area (Å²) in [6.45, 7) is 8.48. The maximum absolute atomic E-state index is 13.0. The monoisotopic (exact) mass is 597 g/mol. The van der Waals surface area contributed by atoms with Crippen molar-refractivity contribution in [3.05, 3.63) is 56.1 Å². The van der Waals surface area contributed by atoms with Gasteiger partial charge in [0.25, 0.3) is 5.91 Å². The smallest absolute Gasteiger partial charge is 0.341 e.